The zero-order valence-corrected chi connectivity index (χ0v) is 19.4. The summed E-state index contributed by atoms with van der Waals surface area (Å²) in [6.07, 6.45) is 9.20. The quantitative estimate of drug-likeness (QED) is 0.418. The first-order valence-corrected chi connectivity index (χ1v) is 12.9. The van der Waals surface area contributed by atoms with Crippen molar-refractivity contribution in [2.45, 2.75) is 69.6 Å². The number of rotatable bonds is 5. The Bertz CT molecular complexity index is 1150. The second kappa shape index (κ2) is 8.82. The lowest BCUT2D eigenvalue weighted by atomic mass is 9.97. The van der Waals surface area contributed by atoms with Gasteiger partial charge in [-0.25, -0.2) is 4.98 Å². The van der Waals surface area contributed by atoms with Crippen LogP contribution < -0.4 is 5.56 Å². The molecule has 31 heavy (non-hydrogen) atoms. The minimum atomic E-state index is -0.0120. The Morgan fingerprint density at radius 2 is 2.16 bits per heavy atom. The molecule has 2 aliphatic rings. The number of aromatic nitrogens is 2. The van der Waals surface area contributed by atoms with Crippen LogP contribution in [-0.4, -0.2) is 38.7 Å². The molecule has 1 aliphatic heterocycles. The summed E-state index contributed by atoms with van der Waals surface area (Å²) in [5, 5.41) is 1.37. The van der Waals surface area contributed by atoms with E-state index in [0.29, 0.717) is 23.2 Å². The largest absolute Gasteiger partial charge is 0.467 e. The molecule has 1 atom stereocenters. The normalized spacial score (nSPS) is 19.0. The molecule has 0 radical (unpaired) electrons. The van der Waals surface area contributed by atoms with Gasteiger partial charge in [0, 0.05) is 17.5 Å². The van der Waals surface area contributed by atoms with E-state index in [2.05, 4.69) is 6.92 Å². The van der Waals surface area contributed by atoms with E-state index in [1.54, 1.807) is 22.2 Å². The van der Waals surface area contributed by atoms with Crippen molar-refractivity contribution in [3.63, 3.8) is 0 Å². The highest BCUT2D eigenvalue weighted by Gasteiger charge is 2.26. The Morgan fingerprint density at radius 3 is 2.97 bits per heavy atom. The molecule has 0 aromatic carbocycles. The fourth-order valence-electron chi connectivity index (χ4n) is 4.71. The molecule has 3 aromatic heterocycles. The number of hydrogen-bond acceptors (Lipinski definition) is 6. The van der Waals surface area contributed by atoms with Crippen molar-refractivity contribution < 1.29 is 9.21 Å². The Kier molecular flexibility index (Phi) is 5.93. The molecule has 1 aliphatic carbocycles. The fraction of sp³-hybridized carbons (Fsp3) is 0.522. The molecule has 5 rings (SSSR count). The van der Waals surface area contributed by atoms with Crippen molar-refractivity contribution in [3.8, 4) is 0 Å². The van der Waals surface area contributed by atoms with Crippen LogP contribution in [0.25, 0.3) is 10.2 Å². The summed E-state index contributed by atoms with van der Waals surface area (Å²) in [7, 11) is 0. The van der Waals surface area contributed by atoms with Crippen molar-refractivity contribution >= 4 is 39.2 Å². The third kappa shape index (κ3) is 4.07. The molecule has 1 saturated heterocycles. The predicted octanol–water partition coefficient (Wildman–Crippen LogP) is 4.47. The van der Waals surface area contributed by atoms with Crippen LogP contribution >= 0.6 is 23.1 Å². The SMILES string of the molecule is CC1CCCCN1C(=O)CSc1nc2sc3c(c2c(=O)n1Cc1ccco1)CCCC3. The molecule has 0 saturated carbocycles. The summed E-state index contributed by atoms with van der Waals surface area (Å²) in [6, 6.07) is 3.98. The maximum atomic E-state index is 13.6. The van der Waals surface area contributed by atoms with Crippen molar-refractivity contribution in [1.82, 2.24) is 14.5 Å². The summed E-state index contributed by atoms with van der Waals surface area (Å²) in [5.41, 5.74) is 1.17. The van der Waals surface area contributed by atoms with Gasteiger partial charge in [-0.1, -0.05) is 11.8 Å². The Labute approximate surface area is 189 Å². The zero-order chi connectivity index (χ0) is 21.4. The molecule has 0 bridgehead atoms. The van der Waals surface area contributed by atoms with E-state index >= 15 is 0 Å². The molecular weight excluding hydrogens is 430 g/mol. The van der Waals surface area contributed by atoms with Crippen LogP contribution in [0.4, 0.5) is 0 Å². The van der Waals surface area contributed by atoms with Gasteiger partial charge < -0.3 is 9.32 Å². The standard InChI is InChI=1S/C23H27N3O3S2/c1-15-7-4-5-11-25(15)19(27)14-30-23-24-21-20(17-9-2-3-10-18(17)31-21)22(28)26(23)13-16-8-6-12-29-16/h6,8,12,15H,2-5,7,9-11,13-14H2,1H3. The highest BCUT2D eigenvalue weighted by Crippen LogP contribution is 2.35. The van der Waals surface area contributed by atoms with Crippen molar-refractivity contribution in [1.29, 1.82) is 0 Å². The second-order valence-corrected chi connectivity index (χ2v) is 10.5. The van der Waals surface area contributed by atoms with Crippen molar-refractivity contribution in [2.24, 2.45) is 0 Å². The number of fused-ring (bicyclic) bond motifs is 3. The summed E-state index contributed by atoms with van der Waals surface area (Å²) in [6.45, 7) is 3.27. The zero-order valence-electron chi connectivity index (χ0n) is 17.8. The number of carbonyl (C=O) groups excluding carboxylic acids is 1. The average Bonchev–Trinajstić information content (AvgIpc) is 3.42. The second-order valence-electron chi connectivity index (χ2n) is 8.48. The van der Waals surface area contributed by atoms with Crippen molar-refractivity contribution in [2.75, 3.05) is 12.3 Å². The van der Waals surface area contributed by atoms with Gasteiger partial charge in [0.15, 0.2) is 5.16 Å². The topological polar surface area (TPSA) is 68.3 Å². The number of piperidine rings is 1. The molecule has 3 aromatic rings. The number of furan rings is 1. The van der Waals surface area contributed by atoms with Gasteiger partial charge >= 0.3 is 0 Å². The molecule has 1 amide bonds. The minimum absolute atomic E-state index is 0.0120. The number of nitrogens with zero attached hydrogens (tertiary/aromatic N) is 3. The molecule has 4 heterocycles. The molecule has 6 nitrogen and oxygen atoms in total. The third-order valence-electron chi connectivity index (χ3n) is 6.38. The van der Waals surface area contributed by atoms with Crippen LogP contribution in [-0.2, 0) is 24.2 Å². The minimum Gasteiger partial charge on any atom is -0.467 e. The first-order chi connectivity index (χ1) is 15.1. The van der Waals surface area contributed by atoms with Gasteiger partial charge in [0.1, 0.15) is 10.6 Å². The highest BCUT2D eigenvalue weighted by molar-refractivity contribution is 7.99. The molecule has 1 unspecified atom stereocenters. The summed E-state index contributed by atoms with van der Waals surface area (Å²) >= 11 is 3.02. The maximum absolute atomic E-state index is 13.6. The van der Waals surface area contributed by atoms with E-state index < -0.39 is 0 Å². The number of amides is 1. The number of aryl methyl sites for hydroxylation is 2. The molecule has 8 heteroatoms. The fourth-order valence-corrected chi connectivity index (χ4v) is 6.89. The summed E-state index contributed by atoms with van der Waals surface area (Å²) in [5.74, 6) is 1.14. The van der Waals surface area contributed by atoms with Crippen molar-refractivity contribution in [3.05, 3.63) is 45.0 Å². The van der Waals surface area contributed by atoms with Crippen LogP contribution in [0.2, 0.25) is 0 Å². The van der Waals surface area contributed by atoms with E-state index in [4.69, 9.17) is 9.40 Å². The van der Waals surface area contributed by atoms with Crippen LogP contribution in [0.15, 0.2) is 32.8 Å². The van der Waals surface area contributed by atoms with Crippen LogP contribution in [0.5, 0.6) is 0 Å². The lowest BCUT2D eigenvalue weighted by Gasteiger charge is -2.33. The van der Waals surface area contributed by atoms with E-state index in [-0.39, 0.29) is 17.5 Å². The maximum Gasteiger partial charge on any atom is 0.263 e. The van der Waals surface area contributed by atoms with Gasteiger partial charge in [-0.05, 0) is 69.6 Å². The Balaban J connectivity index is 1.49. The lowest BCUT2D eigenvalue weighted by Crippen LogP contribution is -2.43. The molecule has 0 N–H and O–H groups in total. The molecular formula is C23H27N3O3S2. The molecule has 0 spiro atoms. The predicted molar refractivity (Wildman–Crippen MR) is 124 cm³/mol. The van der Waals surface area contributed by atoms with Crippen LogP contribution in [0.3, 0.4) is 0 Å². The van der Waals surface area contributed by atoms with Gasteiger partial charge in [-0.2, -0.15) is 0 Å². The Morgan fingerprint density at radius 1 is 1.29 bits per heavy atom. The first kappa shape index (κ1) is 20.8. The number of carbonyl (C=O) groups is 1. The number of hydrogen-bond donors (Lipinski definition) is 0. The molecule has 1 fully saturated rings. The summed E-state index contributed by atoms with van der Waals surface area (Å²) in [4.78, 5) is 35.5. The summed E-state index contributed by atoms with van der Waals surface area (Å²) < 4.78 is 7.21. The van der Waals surface area contributed by atoms with E-state index in [1.807, 2.05) is 17.0 Å². The van der Waals surface area contributed by atoms with Gasteiger partial charge in [-0.3, -0.25) is 14.2 Å². The van der Waals surface area contributed by atoms with Crippen LogP contribution in [0, 0.1) is 0 Å². The Hall–Kier alpha value is -2.06. The van der Waals surface area contributed by atoms with Gasteiger partial charge in [0.25, 0.3) is 5.56 Å². The third-order valence-corrected chi connectivity index (χ3v) is 8.53. The van der Waals surface area contributed by atoms with E-state index in [1.165, 1.54) is 35.0 Å². The number of thioether (sulfide) groups is 1. The molecule has 164 valence electrons. The van der Waals surface area contributed by atoms with Crippen LogP contribution in [0.1, 0.15) is 55.2 Å². The monoisotopic (exact) mass is 457 g/mol. The van der Waals surface area contributed by atoms with Gasteiger partial charge in [-0.15, -0.1) is 11.3 Å². The van der Waals surface area contributed by atoms with E-state index in [0.717, 1.165) is 48.9 Å². The average molecular weight is 458 g/mol. The van der Waals surface area contributed by atoms with Gasteiger partial charge in [0.05, 0.1) is 23.9 Å². The lowest BCUT2D eigenvalue weighted by molar-refractivity contribution is -0.131. The first-order valence-electron chi connectivity index (χ1n) is 11.1. The highest BCUT2D eigenvalue weighted by atomic mass is 32.2. The number of likely N-dealkylation sites (tertiary alicyclic amines) is 1. The number of thiophene rings is 1. The van der Waals surface area contributed by atoms with E-state index in [9.17, 15) is 9.59 Å². The van der Waals surface area contributed by atoms with Gasteiger partial charge in [0.2, 0.25) is 5.91 Å². The smallest absolute Gasteiger partial charge is 0.263 e.